The maximum absolute atomic E-state index is 13.3. The smallest absolute Gasteiger partial charge is 0.167 e. The lowest BCUT2D eigenvalue weighted by atomic mass is 10.0. The fourth-order valence-corrected chi connectivity index (χ4v) is 2.56. The Hall–Kier alpha value is -1.19. The third-order valence-corrected chi connectivity index (χ3v) is 3.48. The summed E-state index contributed by atoms with van der Waals surface area (Å²) < 4.78 is 14.2. The van der Waals surface area contributed by atoms with Gasteiger partial charge in [0.05, 0.1) is 5.02 Å². The van der Waals surface area contributed by atoms with Crippen LogP contribution in [0, 0.1) is 12.7 Å². The Kier molecular flexibility index (Phi) is 4.38. The van der Waals surface area contributed by atoms with Crippen LogP contribution in [0.3, 0.4) is 0 Å². The molecule has 0 fully saturated rings. The fourth-order valence-electron chi connectivity index (χ4n) is 1.83. The number of Topliss-reactive ketones (excluding diaryl/α,β-unsaturated/α-hetero) is 1. The quantitative estimate of drug-likeness (QED) is 0.720. The molecule has 4 heteroatoms. The summed E-state index contributed by atoms with van der Waals surface area (Å²) in [6, 6.07) is 9.94. The van der Waals surface area contributed by atoms with E-state index in [2.05, 4.69) is 15.9 Å². The van der Waals surface area contributed by atoms with Crippen molar-refractivity contribution in [3.8, 4) is 0 Å². The van der Waals surface area contributed by atoms with Gasteiger partial charge in [-0.25, -0.2) is 4.39 Å². The van der Waals surface area contributed by atoms with Gasteiger partial charge >= 0.3 is 0 Å². The number of carbonyl (C=O) groups is 1. The van der Waals surface area contributed by atoms with Gasteiger partial charge in [0.2, 0.25) is 0 Å². The Morgan fingerprint density at radius 2 is 2.00 bits per heavy atom. The molecule has 0 bridgehead atoms. The molecule has 2 aromatic carbocycles. The second kappa shape index (κ2) is 5.85. The van der Waals surface area contributed by atoms with E-state index < -0.39 is 5.82 Å². The minimum absolute atomic E-state index is 0.0499. The molecule has 0 radical (unpaired) electrons. The zero-order valence-electron chi connectivity index (χ0n) is 10.2. The first-order chi connectivity index (χ1) is 8.95. The van der Waals surface area contributed by atoms with Gasteiger partial charge in [0, 0.05) is 16.5 Å². The van der Waals surface area contributed by atoms with Crippen LogP contribution in [-0.2, 0) is 6.42 Å². The highest BCUT2D eigenvalue weighted by atomic mass is 79.9. The van der Waals surface area contributed by atoms with E-state index >= 15 is 0 Å². The van der Waals surface area contributed by atoms with Gasteiger partial charge in [-0.1, -0.05) is 33.6 Å². The van der Waals surface area contributed by atoms with Crippen molar-refractivity contribution in [1.82, 2.24) is 0 Å². The van der Waals surface area contributed by atoms with Crippen LogP contribution in [0.25, 0.3) is 0 Å². The normalized spacial score (nSPS) is 10.5. The van der Waals surface area contributed by atoms with E-state index in [0.29, 0.717) is 11.1 Å². The predicted molar refractivity (Wildman–Crippen MR) is 78.3 cm³/mol. The van der Waals surface area contributed by atoms with E-state index in [1.165, 1.54) is 12.1 Å². The van der Waals surface area contributed by atoms with Crippen molar-refractivity contribution in [2.24, 2.45) is 0 Å². The third kappa shape index (κ3) is 3.64. The van der Waals surface area contributed by atoms with E-state index in [9.17, 15) is 9.18 Å². The molecule has 98 valence electrons. The first-order valence-corrected chi connectivity index (χ1v) is 6.87. The SMILES string of the molecule is Cc1cc(Br)cc(C(=O)Cc2ccc(Cl)c(F)c2)c1. The minimum Gasteiger partial charge on any atom is -0.294 e. The lowest BCUT2D eigenvalue weighted by Crippen LogP contribution is -2.04. The summed E-state index contributed by atoms with van der Waals surface area (Å²) >= 11 is 8.97. The maximum atomic E-state index is 13.3. The van der Waals surface area contributed by atoms with Crippen molar-refractivity contribution in [2.75, 3.05) is 0 Å². The molecule has 0 aliphatic heterocycles. The number of hydrogen-bond acceptors (Lipinski definition) is 1. The zero-order valence-corrected chi connectivity index (χ0v) is 12.6. The van der Waals surface area contributed by atoms with E-state index in [4.69, 9.17) is 11.6 Å². The molecular weight excluding hydrogens is 331 g/mol. The first kappa shape index (κ1) is 14.2. The number of aryl methyl sites for hydroxylation is 1. The molecule has 0 spiro atoms. The summed E-state index contributed by atoms with van der Waals surface area (Å²) in [5, 5.41) is 0.0644. The number of benzene rings is 2. The summed E-state index contributed by atoms with van der Waals surface area (Å²) in [7, 11) is 0. The highest BCUT2D eigenvalue weighted by Crippen LogP contribution is 2.19. The predicted octanol–water partition coefficient (Wildman–Crippen LogP) is 4.98. The molecule has 0 atom stereocenters. The fraction of sp³-hybridized carbons (Fsp3) is 0.133. The second-order valence-electron chi connectivity index (χ2n) is 4.37. The van der Waals surface area contributed by atoms with Gasteiger partial charge in [0.15, 0.2) is 5.78 Å². The van der Waals surface area contributed by atoms with Crippen LogP contribution >= 0.6 is 27.5 Å². The second-order valence-corrected chi connectivity index (χ2v) is 5.69. The van der Waals surface area contributed by atoms with E-state index in [1.807, 2.05) is 19.1 Å². The number of ketones is 1. The Morgan fingerprint density at radius 3 is 2.63 bits per heavy atom. The molecule has 2 aromatic rings. The number of hydrogen-bond donors (Lipinski definition) is 0. The first-order valence-electron chi connectivity index (χ1n) is 5.70. The van der Waals surface area contributed by atoms with Crippen molar-refractivity contribution in [3.63, 3.8) is 0 Å². The molecule has 19 heavy (non-hydrogen) atoms. The standard InChI is InChI=1S/C15H11BrClFO/c1-9-4-11(8-12(16)5-9)15(19)7-10-2-3-13(17)14(18)6-10/h2-6,8H,7H2,1H3. The summed E-state index contributed by atoms with van der Waals surface area (Å²) in [5.41, 5.74) is 2.23. The van der Waals surface area contributed by atoms with Crippen molar-refractivity contribution in [1.29, 1.82) is 0 Å². The van der Waals surface area contributed by atoms with Gasteiger partial charge in [-0.2, -0.15) is 0 Å². The Labute approximate surface area is 124 Å². The number of carbonyl (C=O) groups excluding carboxylic acids is 1. The van der Waals surface area contributed by atoms with Crippen LogP contribution in [0.15, 0.2) is 40.9 Å². The summed E-state index contributed by atoms with van der Waals surface area (Å²) in [5.74, 6) is -0.552. The summed E-state index contributed by atoms with van der Waals surface area (Å²) in [6.07, 6.45) is 0.157. The van der Waals surface area contributed by atoms with Gasteiger partial charge in [0.25, 0.3) is 0 Å². The molecule has 0 heterocycles. The van der Waals surface area contributed by atoms with Gasteiger partial charge in [-0.15, -0.1) is 0 Å². The average molecular weight is 342 g/mol. The highest BCUT2D eigenvalue weighted by molar-refractivity contribution is 9.10. The van der Waals surface area contributed by atoms with Gasteiger partial charge in [-0.05, 0) is 48.4 Å². The molecule has 0 N–H and O–H groups in total. The molecule has 0 saturated carbocycles. The molecule has 0 amide bonds. The van der Waals surface area contributed by atoms with E-state index in [0.717, 1.165) is 10.0 Å². The molecule has 0 saturated heterocycles. The Balaban J connectivity index is 2.22. The van der Waals surface area contributed by atoms with Crippen LogP contribution in [0.5, 0.6) is 0 Å². The van der Waals surface area contributed by atoms with Gasteiger partial charge in [0.1, 0.15) is 5.82 Å². The third-order valence-electron chi connectivity index (χ3n) is 2.71. The van der Waals surface area contributed by atoms with E-state index in [-0.39, 0.29) is 17.2 Å². The van der Waals surface area contributed by atoms with Crippen LogP contribution in [0.2, 0.25) is 5.02 Å². The van der Waals surface area contributed by atoms with Gasteiger partial charge in [-0.3, -0.25) is 4.79 Å². The number of rotatable bonds is 3. The topological polar surface area (TPSA) is 17.1 Å². The number of halogens is 3. The monoisotopic (exact) mass is 340 g/mol. The van der Waals surface area contributed by atoms with Crippen LogP contribution < -0.4 is 0 Å². The highest BCUT2D eigenvalue weighted by Gasteiger charge is 2.10. The molecular formula is C15H11BrClFO. The van der Waals surface area contributed by atoms with Crippen molar-refractivity contribution in [3.05, 3.63) is 68.4 Å². The van der Waals surface area contributed by atoms with Crippen molar-refractivity contribution >= 4 is 33.3 Å². The molecule has 0 aliphatic rings. The average Bonchev–Trinajstić information content (AvgIpc) is 2.32. The lowest BCUT2D eigenvalue weighted by Gasteiger charge is -2.05. The molecule has 0 aliphatic carbocycles. The van der Waals surface area contributed by atoms with Crippen LogP contribution in [-0.4, -0.2) is 5.78 Å². The molecule has 1 nitrogen and oxygen atoms in total. The zero-order chi connectivity index (χ0) is 14.0. The van der Waals surface area contributed by atoms with Crippen LogP contribution in [0.1, 0.15) is 21.5 Å². The van der Waals surface area contributed by atoms with Crippen molar-refractivity contribution < 1.29 is 9.18 Å². The van der Waals surface area contributed by atoms with Gasteiger partial charge < -0.3 is 0 Å². The maximum Gasteiger partial charge on any atom is 0.167 e. The summed E-state index contributed by atoms with van der Waals surface area (Å²) in [6.45, 7) is 1.92. The lowest BCUT2D eigenvalue weighted by molar-refractivity contribution is 0.0993. The minimum atomic E-state index is -0.502. The molecule has 2 rings (SSSR count). The van der Waals surface area contributed by atoms with Crippen LogP contribution in [0.4, 0.5) is 4.39 Å². The van der Waals surface area contributed by atoms with E-state index in [1.54, 1.807) is 12.1 Å². The Bertz CT molecular complexity index is 620. The molecule has 0 aromatic heterocycles. The largest absolute Gasteiger partial charge is 0.294 e. The van der Waals surface area contributed by atoms with Crippen molar-refractivity contribution in [2.45, 2.75) is 13.3 Å². The Morgan fingerprint density at radius 1 is 1.26 bits per heavy atom. The molecule has 0 unspecified atom stereocenters. The summed E-state index contributed by atoms with van der Waals surface area (Å²) in [4.78, 5) is 12.1.